The predicted molar refractivity (Wildman–Crippen MR) is 32.2 cm³/mol. The van der Waals surface area contributed by atoms with Crippen molar-refractivity contribution in [3.63, 3.8) is 0 Å². The van der Waals surface area contributed by atoms with E-state index < -0.39 is 0 Å². The van der Waals surface area contributed by atoms with Gasteiger partial charge in [0, 0.05) is 0 Å². The molecule has 0 bridgehead atoms. The van der Waals surface area contributed by atoms with Crippen LogP contribution >= 0.6 is 0 Å². The first-order valence-corrected chi connectivity index (χ1v) is 3.33. The smallest absolute Gasteiger partial charge is 0.00957 e. The highest BCUT2D eigenvalue weighted by Crippen LogP contribution is 2.59. The van der Waals surface area contributed by atoms with E-state index in [1.54, 1.807) is 0 Å². The molecule has 0 aliphatic heterocycles. The lowest BCUT2D eigenvalue weighted by Gasteiger charge is -2.57. The van der Waals surface area contributed by atoms with Gasteiger partial charge in [-0.3, -0.25) is 0 Å². The van der Waals surface area contributed by atoms with Crippen LogP contribution in [0.3, 0.4) is 0 Å². The quantitative estimate of drug-likeness (QED) is 0.409. The second-order valence-electron chi connectivity index (χ2n) is 3.08. The monoisotopic (exact) mass is 104 g/mol. The highest BCUT2D eigenvalue weighted by atomic mass is 14.6. The Morgan fingerprint density at radius 3 is 0.875 bits per heavy atom. The van der Waals surface area contributed by atoms with Crippen LogP contribution in [0, 0.1) is 23.7 Å². The standard InChI is InChI=1S/C8H8/c1-2-6-5(1)7-3-4-8(6)7/h1-8H. The zero-order valence-electron chi connectivity index (χ0n) is 4.62. The summed E-state index contributed by atoms with van der Waals surface area (Å²) >= 11 is 0. The molecule has 1 saturated carbocycles. The van der Waals surface area contributed by atoms with E-state index in [0.29, 0.717) is 0 Å². The Morgan fingerprint density at radius 1 is 0.500 bits per heavy atom. The molecule has 0 atom stereocenters. The fourth-order valence-corrected chi connectivity index (χ4v) is 2.13. The predicted octanol–water partition coefficient (Wildman–Crippen LogP) is 1.60. The molecule has 0 amide bonds. The number of fused-ring (bicyclic) bond motifs is 4. The largest absolute Gasteiger partial charge is 0.0839 e. The summed E-state index contributed by atoms with van der Waals surface area (Å²) in [6.07, 6.45) is 9.43. The second kappa shape index (κ2) is 0.812. The lowest BCUT2D eigenvalue weighted by Crippen LogP contribution is -2.51. The molecule has 8 heavy (non-hydrogen) atoms. The molecule has 3 rings (SSSR count). The van der Waals surface area contributed by atoms with Crippen molar-refractivity contribution in [3.05, 3.63) is 24.3 Å². The van der Waals surface area contributed by atoms with Gasteiger partial charge in [-0.1, -0.05) is 24.3 Å². The van der Waals surface area contributed by atoms with Crippen LogP contribution in [0.15, 0.2) is 24.3 Å². The average molecular weight is 104 g/mol. The molecule has 3 aliphatic carbocycles. The van der Waals surface area contributed by atoms with E-state index in [1.807, 2.05) is 0 Å². The molecule has 0 radical (unpaired) electrons. The molecular formula is C8H8. The molecule has 0 spiro atoms. The van der Waals surface area contributed by atoms with Crippen molar-refractivity contribution in [1.29, 1.82) is 0 Å². The van der Waals surface area contributed by atoms with E-state index >= 15 is 0 Å². The summed E-state index contributed by atoms with van der Waals surface area (Å²) in [7, 11) is 0. The average Bonchev–Trinajstić information content (AvgIpc) is 1.70. The van der Waals surface area contributed by atoms with Crippen molar-refractivity contribution in [2.75, 3.05) is 0 Å². The molecule has 0 nitrogen and oxygen atoms in total. The second-order valence-corrected chi connectivity index (χ2v) is 3.08. The minimum atomic E-state index is 0.977. The minimum Gasteiger partial charge on any atom is -0.0839 e. The summed E-state index contributed by atoms with van der Waals surface area (Å²) < 4.78 is 0. The Balaban J connectivity index is 2.07. The number of rotatable bonds is 0. The lowest BCUT2D eigenvalue weighted by atomic mass is 9.47. The van der Waals surface area contributed by atoms with E-state index in [1.165, 1.54) is 0 Å². The van der Waals surface area contributed by atoms with Gasteiger partial charge in [0.05, 0.1) is 0 Å². The molecule has 1 fully saturated rings. The highest BCUT2D eigenvalue weighted by Gasteiger charge is 2.52. The Labute approximate surface area is 48.9 Å². The van der Waals surface area contributed by atoms with Crippen LogP contribution in [0.25, 0.3) is 0 Å². The molecule has 0 unspecified atom stereocenters. The zero-order valence-corrected chi connectivity index (χ0v) is 4.62. The summed E-state index contributed by atoms with van der Waals surface area (Å²) in [5, 5.41) is 0. The first-order valence-electron chi connectivity index (χ1n) is 3.33. The van der Waals surface area contributed by atoms with Gasteiger partial charge in [-0.15, -0.1) is 0 Å². The van der Waals surface area contributed by atoms with Crippen LogP contribution in [0.5, 0.6) is 0 Å². The van der Waals surface area contributed by atoms with Crippen molar-refractivity contribution in [2.45, 2.75) is 0 Å². The van der Waals surface area contributed by atoms with Gasteiger partial charge in [0.1, 0.15) is 0 Å². The molecule has 0 saturated heterocycles. The normalized spacial score (nSPS) is 62.0. The van der Waals surface area contributed by atoms with Crippen molar-refractivity contribution >= 4 is 0 Å². The molecular weight excluding hydrogens is 96.1 g/mol. The van der Waals surface area contributed by atoms with Crippen molar-refractivity contribution in [1.82, 2.24) is 0 Å². The summed E-state index contributed by atoms with van der Waals surface area (Å²) in [6, 6.07) is 0. The molecule has 0 N–H and O–H groups in total. The summed E-state index contributed by atoms with van der Waals surface area (Å²) in [6.45, 7) is 0. The molecule has 40 valence electrons. The Bertz CT molecular complexity index is 138. The van der Waals surface area contributed by atoms with Gasteiger partial charge < -0.3 is 0 Å². The Morgan fingerprint density at radius 2 is 0.750 bits per heavy atom. The summed E-state index contributed by atoms with van der Waals surface area (Å²) in [5.41, 5.74) is 0. The van der Waals surface area contributed by atoms with Crippen molar-refractivity contribution in [2.24, 2.45) is 23.7 Å². The maximum absolute atomic E-state index is 2.36. The summed E-state index contributed by atoms with van der Waals surface area (Å²) in [4.78, 5) is 0. The van der Waals surface area contributed by atoms with Crippen LogP contribution in [-0.2, 0) is 0 Å². The molecule has 0 aromatic carbocycles. The number of allylic oxidation sites excluding steroid dienone is 4. The van der Waals surface area contributed by atoms with Crippen LogP contribution in [-0.4, -0.2) is 0 Å². The van der Waals surface area contributed by atoms with E-state index in [0.717, 1.165) is 23.7 Å². The first kappa shape index (κ1) is 3.49. The van der Waals surface area contributed by atoms with Crippen LogP contribution < -0.4 is 0 Å². The van der Waals surface area contributed by atoms with Gasteiger partial charge in [0.15, 0.2) is 0 Å². The van der Waals surface area contributed by atoms with Gasteiger partial charge >= 0.3 is 0 Å². The van der Waals surface area contributed by atoms with Crippen LogP contribution in [0.2, 0.25) is 0 Å². The fourth-order valence-electron chi connectivity index (χ4n) is 2.13. The van der Waals surface area contributed by atoms with E-state index in [9.17, 15) is 0 Å². The van der Waals surface area contributed by atoms with Crippen molar-refractivity contribution < 1.29 is 0 Å². The molecule has 0 heteroatoms. The van der Waals surface area contributed by atoms with Crippen LogP contribution in [0.4, 0.5) is 0 Å². The molecule has 0 aromatic rings. The topological polar surface area (TPSA) is 0 Å². The Kier molecular flexibility index (Phi) is 0.355. The van der Waals surface area contributed by atoms with E-state index in [4.69, 9.17) is 0 Å². The van der Waals surface area contributed by atoms with E-state index in [-0.39, 0.29) is 0 Å². The van der Waals surface area contributed by atoms with Crippen molar-refractivity contribution in [3.8, 4) is 0 Å². The molecule has 0 aromatic heterocycles. The van der Waals surface area contributed by atoms with Gasteiger partial charge in [-0.2, -0.15) is 0 Å². The third kappa shape index (κ3) is 0.169. The third-order valence-corrected chi connectivity index (χ3v) is 2.89. The first-order chi connectivity index (χ1) is 3.97. The van der Waals surface area contributed by atoms with Gasteiger partial charge in [-0.25, -0.2) is 0 Å². The molecule has 0 heterocycles. The number of hydrogen-bond donors (Lipinski definition) is 0. The van der Waals surface area contributed by atoms with Gasteiger partial charge in [-0.05, 0) is 23.7 Å². The van der Waals surface area contributed by atoms with Crippen LogP contribution in [0.1, 0.15) is 0 Å². The minimum absolute atomic E-state index is 0.977. The Hall–Kier alpha value is -0.520. The summed E-state index contributed by atoms with van der Waals surface area (Å²) in [5.74, 6) is 3.91. The third-order valence-electron chi connectivity index (χ3n) is 2.89. The lowest BCUT2D eigenvalue weighted by molar-refractivity contribution is 0.0693. The maximum Gasteiger partial charge on any atom is -0.00957 e. The van der Waals surface area contributed by atoms with E-state index in [2.05, 4.69) is 24.3 Å². The van der Waals surface area contributed by atoms with Gasteiger partial charge in [0.2, 0.25) is 0 Å². The maximum atomic E-state index is 2.36. The fraction of sp³-hybridized carbons (Fsp3) is 0.500. The van der Waals surface area contributed by atoms with Gasteiger partial charge in [0.25, 0.3) is 0 Å². The zero-order chi connectivity index (χ0) is 5.14. The molecule has 3 aliphatic rings. The number of hydrogen-bond acceptors (Lipinski definition) is 0. The highest BCUT2D eigenvalue weighted by molar-refractivity contribution is 5.34. The SMILES string of the molecule is C1=CC2C1C1C=CC21.